The number of halogens is 1. The van der Waals surface area contributed by atoms with Gasteiger partial charge in [0.25, 0.3) is 5.91 Å². The number of para-hydroxylation sites is 1. The molecule has 1 saturated heterocycles. The highest BCUT2D eigenvalue weighted by atomic mass is 35.5. The summed E-state index contributed by atoms with van der Waals surface area (Å²) in [5.74, 6) is 0.363. The molecule has 0 bridgehead atoms. The molecule has 1 amide bonds. The van der Waals surface area contributed by atoms with Crippen LogP contribution in [0.4, 0.5) is 11.5 Å². The van der Waals surface area contributed by atoms with Gasteiger partial charge in [0.15, 0.2) is 0 Å². The highest BCUT2D eigenvalue weighted by molar-refractivity contribution is 6.30. The third-order valence-corrected chi connectivity index (χ3v) is 5.77. The number of rotatable bonds is 4. The molecule has 1 fully saturated rings. The largest absolute Gasteiger partial charge is 0.371 e. The zero-order valence-electron chi connectivity index (χ0n) is 18.3. The molecular weight excluding hydrogens is 408 g/mol. The first-order chi connectivity index (χ1) is 14.8. The van der Waals surface area contributed by atoms with Crippen LogP contribution in [0.25, 0.3) is 10.9 Å². The molecule has 0 atom stereocenters. The number of nitrogens with one attached hydrogen (secondary N) is 2. The van der Waals surface area contributed by atoms with Gasteiger partial charge in [-0.15, -0.1) is 0 Å². The fraction of sp³-hybridized carbons (Fsp3) is 0.360. The average Bonchev–Trinajstić information content (AvgIpc) is 2.73. The molecule has 1 aromatic heterocycles. The minimum Gasteiger partial charge on any atom is -0.371 e. The van der Waals surface area contributed by atoms with E-state index >= 15 is 0 Å². The van der Waals surface area contributed by atoms with Crippen LogP contribution in [0.2, 0.25) is 5.02 Å². The Bertz CT molecular complexity index is 1070. The van der Waals surface area contributed by atoms with E-state index in [4.69, 9.17) is 11.6 Å². The maximum absolute atomic E-state index is 12.7. The van der Waals surface area contributed by atoms with Gasteiger partial charge >= 0.3 is 0 Å². The van der Waals surface area contributed by atoms with Gasteiger partial charge < -0.3 is 15.5 Å². The fourth-order valence-electron chi connectivity index (χ4n) is 4.15. The molecule has 4 rings (SSSR count). The van der Waals surface area contributed by atoms with Gasteiger partial charge in [0.05, 0.1) is 5.52 Å². The Labute approximate surface area is 188 Å². The summed E-state index contributed by atoms with van der Waals surface area (Å²) < 4.78 is 0. The van der Waals surface area contributed by atoms with Crippen molar-refractivity contribution in [1.29, 1.82) is 0 Å². The molecule has 162 valence electrons. The topological polar surface area (TPSA) is 57.3 Å². The molecule has 0 saturated carbocycles. The Hall–Kier alpha value is -2.63. The highest BCUT2D eigenvalue weighted by Crippen LogP contribution is 2.31. The zero-order chi connectivity index (χ0) is 22.0. The van der Waals surface area contributed by atoms with E-state index in [0.717, 1.165) is 42.5 Å². The summed E-state index contributed by atoms with van der Waals surface area (Å²) in [6.45, 7) is 8.57. The molecule has 0 unspecified atom stereocenters. The average molecular weight is 437 g/mol. The van der Waals surface area contributed by atoms with E-state index in [1.165, 1.54) is 0 Å². The van der Waals surface area contributed by atoms with Gasteiger partial charge in [-0.05, 0) is 63.9 Å². The van der Waals surface area contributed by atoms with Gasteiger partial charge in [0.1, 0.15) is 5.82 Å². The number of pyridine rings is 1. The second-order valence-corrected chi connectivity index (χ2v) is 9.60. The Kier molecular flexibility index (Phi) is 6.17. The Balaban J connectivity index is 1.57. The quantitative estimate of drug-likeness (QED) is 0.567. The van der Waals surface area contributed by atoms with Crippen LogP contribution >= 0.6 is 11.6 Å². The second-order valence-electron chi connectivity index (χ2n) is 9.16. The van der Waals surface area contributed by atoms with Crippen LogP contribution in [0.15, 0.2) is 54.6 Å². The van der Waals surface area contributed by atoms with Crippen LogP contribution in [0.5, 0.6) is 0 Å². The first-order valence-corrected chi connectivity index (χ1v) is 11.2. The lowest BCUT2D eigenvalue weighted by molar-refractivity contribution is 0.102. The summed E-state index contributed by atoms with van der Waals surface area (Å²) in [6.07, 6.45) is 2.17. The molecule has 0 spiro atoms. The van der Waals surface area contributed by atoms with Crippen LogP contribution in [0, 0.1) is 0 Å². The lowest BCUT2D eigenvalue weighted by Crippen LogP contribution is -2.49. The molecule has 0 aliphatic carbocycles. The van der Waals surface area contributed by atoms with Gasteiger partial charge in [-0.1, -0.05) is 29.8 Å². The number of hydrogen-bond acceptors (Lipinski definition) is 4. The van der Waals surface area contributed by atoms with E-state index < -0.39 is 0 Å². The zero-order valence-corrected chi connectivity index (χ0v) is 19.0. The van der Waals surface area contributed by atoms with Gasteiger partial charge in [-0.2, -0.15) is 0 Å². The molecule has 2 heterocycles. The van der Waals surface area contributed by atoms with Crippen LogP contribution in [0.3, 0.4) is 0 Å². The molecule has 3 aromatic rings. The van der Waals surface area contributed by atoms with Crippen LogP contribution < -0.4 is 15.5 Å². The third-order valence-electron chi connectivity index (χ3n) is 5.52. The smallest absolute Gasteiger partial charge is 0.256 e. The summed E-state index contributed by atoms with van der Waals surface area (Å²) in [6, 6.07) is 17.5. The minimum absolute atomic E-state index is 0.120. The third kappa shape index (κ3) is 5.35. The fourth-order valence-corrected chi connectivity index (χ4v) is 4.28. The van der Waals surface area contributed by atoms with E-state index in [1.54, 1.807) is 24.3 Å². The van der Waals surface area contributed by atoms with Crippen molar-refractivity contribution in [1.82, 2.24) is 10.3 Å². The number of amides is 1. The monoisotopic (exact) mass is 436 g/mol. The van der Waals surface area contributed by atoms with Crippen molar-refractivity contribution in [2.75, 3.05) is 23.3 Å². The molecule has 1 aliphatic rings. The Morgan fingerprint density at radius 1 is 1.06 bits per heavy atom. The molecule has 1 aliphatic heterocycles. The number of carbonyl (C=O) groups is 1. The maximum atomic E-state index is 12.7. The van der Waals surface area contributed by atoms with Crippen LogP contribution in [-0.2, 0) is 0 Å². The highest BCUT2D eigenvalue weighted by Gasteiger charge is 2.24. The van der Waals surface area contributed by atoms with E-state index in [1.807, 2.05) is 24.3 Å². The SMILES string of the molecule is CC(C)(C)NC1CCN(c2cc(NC(=O)c3ccc(Cl)cc3)nc3ccccc23)CC1. The summed E-state index contributed by atoms with van der Waals surface area (Å²) in [7, 11) is 0. The maximum Gasteiger partial charge on any atom is 0.256 e. The molecular formula is C25H29ClN4O. The predicted octanol–water partition coefficient (Wildman–Crippen LogP) is 5.50. The van der Waals surface area contributed by atoms with E-state index in [9.17, 15) is 4.79 Å². The lowest BCUT2D eigenvalue weighted by Gasteiger charge is -2.37. The number of anilines is 2. The number of nitrogens with zero attached hydrogens (tertiary/aromatic N) is 2. The normalized spacial score (nSPS) is 15.3. The molecule has 0 radical (unpaired) electrons. The molecule has 31 heavy (non-hydrogen) atoms. The minimum atomic E-state index is -0.196. The number of hydrogen-bond donors (Lipinski definition) is 2. The Morgan fingerprint density at radius 3 is 2.42 bits per heavy atom. The standard InChI is InChI=1S/C25H29ClN4O/c1-25(2,3)29-19-12-14-30(15-13-19)22-16-23(27-21-7-5-4-6-20(21)22)28-24(31)17-8-10-18(26)11-9-17/h4-11,16,19,29H,12-15H2,1-3H3,(H,27,28,31). The van der Waals surface area contributed by atoms with Crippen LogP contribution in [0.1, 0.15) is 44.0 Å². The number of benzene rings is 2. The van der Waals surface area contributed by atoms with Crippen LogP contribution in [-0.4, -0.2) is 35.6 Å². The van der Waals surface area contributed by atoms with Gasteiger partial charge in [0, 0.05) is 52.4 Å². The van der Waals surface area contributed by atoms with Crippen molar-refractivity contribution in [2.45, 2.75) is 45.2 Å². The van der Waals surface area contributed by atoms with Gasteiger partial charge in [-0.3, -0.25) is 4.79 Å². The van der Waals surface area contributed by atoms with E-state index in [-0.39, 0.29) is 11.4 Å². The van der Waals surface area contributed by atoms with Crippen molar-refractivity contribution >= 4 is 39.9 Å². The van der Waals surface area contributed by atoms with Crippen molar-refractivity contribution in [3.8, 4) is 0 Å². The number of carbonyl (C=O) groups excluding carboxylic acids is 1. The molecule has 6 heteroatoms. The van der Waals surface area contributed by atoms with Gasteiger partial charge in [0.2, 0.25) is 0 Å². The number of fused-ring (bicyclic) bond motifs is 1. The number of aromatic nitrogens is 1. The molecule has 5 nitrogen and oxygen atoms in total. The summed E-state index contributed by atoms with van der Waals surface area (Å²) in [4.78, 5) is 19.8. The predicted molar refractivity (Wildman–Crippen MR) is 129 cm³/mol. The summed E-state index contributed by atoms with van der Waals surface area (Å²) in [5.41, 5.74) is 2.66. The number of piperidine rings is 1. The first kappa shape index (κ1) is 21.6. The summed E-state index contributed by atoms with van der Waals surface area (Å²) >= 11 is 5.94. The van der Waals surface area contributed by atoms with Crippen molar-refractivity contribution in [3.63, 3.8) is 0 Å². The van der Waals surface area contributed by atoms with Crippen molar-refractivity contribution in [3.05, 3.63) is 65.2 Å². The lowest BCUT2D eigenvalue weighted by atomic mass is 9.99. The molecule has 2 aromatic carbocycles. The molecule has 2 N–H and O–H groups in total. The van der Waals surface area contributed by atoms with E-state index in [0.29, 0.717) is 22.4 Å². The Morgan fingerprint density at radius 2 is 1.74 bits per heavy atom. The van der Waals surface area contributed by atoms with E-state index in [2.05, 4.69) is 47.4 Å². The first-order valence-electron chi connectivity index (χ1n) is 10.8. The second kappa shape index (κ2) is 8.85. The van der Waals surface area contributed by atoms with Crippen molar-refractivity contribution < 1.29 is 4.79 Å². The van der Waals surface area contributed by atoms with Gasteiger partial charge in [-0.25, -0.2) is 4.98 Å². The van der Waals surface area contributed by atoms with Crippen molar-refractivity contribution in [2.24, 2.45) is 0 Å². The summed E-state index contributed by atoms with van der Waals surface area (Å²) in [5, 5.41) is 8.39.